The van der Waals surface area contributed by atoms with Crippen molar-refractivity contribution in [1.82, 2.24) is 13.9 Å². The van der Waals surface area contributed by atoms with Crippen LogP contribution in [0.25, 0.3) is 0 Å². The molecule has 9 heteroatoms. The zero-order chi connectivity index (χ0) is 21.1. The molecule has 2 heterocycles. The van der Waals surface area contributed by atoms with Gasteiger partial charge in [-0.2, -0.15) is 17.0 Å². The van der Waals surface area contributed by atoms with Crippen LogP contribution in [0.1, 0.15) is 28.1 Å². The van der Waals surface area contributed by atoms with Crippen LogP contribution in [0, 0.1) is 0 Å². The topological polar surface area (TPSA) is 79.0 Å². The Morgan fingerprint density at radius 2 is 1.90 bits per heavy atom. The highest BCUT2D eigenvalue weighted by Crippen LogP contribution is 2.38. The van der Waals surface area contributed by atoms with Gasteiger partial charge in [-0.1, -0.05) is 18.2 Å². The summed E-state index contributed by atoms with van der Waals surface area (Å²) in [6, 6.07) is 11.2. The highest BCUT2D eigenvalue weighted by Gasteiger charge is 2.41. The summed E-state index contributed by atoms with van der Waals surface area (Å²) in [5.74, 6) is 0.337. The van der Waals surface area contributed by atoms with Crippen molar-refractivity contribution >= 4 is 27.5 Å². The fourth-order valence-corrected chi connectivity index (χ4v) is 5.74. The largest absolute Gasteiger partial charge is 0.496 e. The highest BCUT2D eigenvalue weighted by molar-refractivity contribution is 7.86. The SMILES string of the molecule is COc1ccccc1C(=O)NCC1(c2cccs2)CCN(S(=O)(=O)N(C)C)CC1. The third-order valence-electron chi connectivity index (χ3n) is 5.45. The van der Waals surface area contributed by atoms with Crippen molar-refractivity contribution in [2.24, 2.45) is 0 Å². The summed E-state index contributed by atoms with van der Waals surface area (Å²) < 4.78 is 33.0. The molecule has 1 saturated heterocycles. The molecule has 1 N–H and O–H groups in total. The fraction of sp³-hybridized carbons (Fsp3) is 0.450. The zero-order valence-corrected chi connectivity index (χ0v) is 18.6. The number of hydrogen-bond acceptors (Lipinski definition) is 5. The van der Waals surface area contributed by atoms with Crippen LogP contribution in [0.15, 0.2) is 41.8 Å². The molecule has 1 aliphatic heterocycles. The number of rotatable bonds is 7. The summed E-state index contributed by atoms with van der Waals surface area (Å²) in [5.41, 5.74) is 0.202. The van der Waals surface area contributed by atoms with Gasteiger partial charge >= 0.3 is 0 Å². The third-order valence-corrected chi connectivity index (χ3v) is 8.51. The molecule has 0 spiro atoms. The summed E-state index contributed by atoms with van der Waals surface area (Å²) >= 11 is 1.64. The molecule has 0 saturated carbocycles. The number of thiophene rings is 1. The molecule has 2 aromatic rings. The predicted molar refractivity (Wildman–Crippen MR) is 115 cm³/mol. The maximum atomic E-state index is 12.8. The molecule has 0 bridgehead atoms. The summed E-state index contributed by atoms with van der Waals surface area (Å²) in [6.45, 7) is 1.28. The Labute approximate surface area is 176 Å². The molecule has 3 rings (SSSR count). The van der Waals surface area contributed by atoms with E-state index in [0.29, 0.717) is 43.8 Å². The standard InChI is InChI=1S/C20H27N3O4S2/c1-22(2)29(25,26)23-12-10-20(11-13-23,18-9-6-14-28-18)15-21-19(24)16-7-4-5-8-17(16)27-3/h4-9,14H,10-13,15H2,1-3H3,(H,21,24). The molecule has 1 amide bonds. The Bertz CT molecular complexity index is 934. The molecule has 29 heavy (non-hydrogen) atoms. The van der Waals surface area contributed by atoms with Crippen LogP contribution in [0.3, 0.4) is 0 Å². The van der Waals surface area contributed by atoms with Crippen LogP contribution >= 0.6 is 11.3 Å². The summed E-state index contributed by atoms with van der Waals surface area (Å²) in [5, 5.41) is 5.07. The monoisotopic (exact) mass is 437 g/mol. The van der Waals surface area contributed by atoms with Gasteiger partial charge in [-0.25, -0.2) is 0 Å². The number of carbonyl (C=O) groups excluding carboxylic acids is 1. The molecule has 1 aliphatic rings. The maximum absolute atomic E-state index is 12.8. The van der Waals surface area contributed by atoms with E-state index in [1.165, 1.54) is 13.5 Å². The van der Waals surface area contributed by atoms with Gasteiger partial charge in [-0.05, 0) is 36.4 Å². The van der Waals surface area contributed by atoms with Gasteiger partial charge in [0.1, 0.15) is 5.75 Å². The van der Waals surface area contributed by atoms with E-state index in [-0.39, 0.29) is 11.3 Å². The molecule has 0 unspecified atom stereocenters. The van der Waals surface area contributed by atoms with E-state index in [4.69, 9.17) is 4.74 Å². The highest BCUT2D eigenvalue weighted by atomic mass is 32.2. The second-order valence-electron chi connectivity index (χ2n) is 7.33. The van der Waals surface area contributed by atoms with Crippen molar-refractivity contribution < 1.29 is 17.9 Å². The summed E-state index contributed by atoms with van der Waals surface area (Å²) in [7, 11) is 1.20. The number of benzene rings is 1. The Morgan fingerprint density at radius 3 is 2.48 bits per heavy atom. The molecule has 0 atom stereocenters. The molecule has 7 nitrogen and oxygen atoms in total. The lowest BCUT2D eigenvalue weighted by Gasteiger charge is -2.41. The lowest BCUT2D eigenvalue weighted by molar-refractivity contribution is 0.0930. The lowest BCUT2D eigenvalue weighted by atomic mass is 9.77. The number of methoxy groups -OCH3 is 1. The van der Waals surface area contributed by atoms with Gasteiger partial charge in [0.05, 0.1) is 12.7 Å². The van der Waals surface area contributed by atoms with Crippen molar-refractivity contribution in [3.63, 3.8) is 0 Å². The first kappa shape index (κ1) is 21.8. The molecular weight excluding hydrogens is 410 g/mol. The van der Waals surface area contributed by atoms with E-state index in [0.717, 1.165) is 0 Å². The third kappa shape index (κ3) is 4.48. The first-order valence-corrected chi connectivity index (χ1v) is 11.7. The first-order valence-electron chi connectivity index (χ1n) is 9.43. The second-order valence-corrected chi connectivity index (χ2v) is 10.4. The number of para-hydroxylation sites is 1. The molecule has 0 aliphatic carbocycles. The predicted octanol–water partition coefficient (Wildman–Crippen LogP) is 2.33. The van der Waals surface area contributed by atoms with Gasteiger partial charge in [0.2, 0.25) is 0 Å². The molecule has 1 aromatic carbocycles. The van der Waals surface area contributed by atoms with E-state index >= 15 is 0 Å². The molecular formula is C20H27N3O4S2. The number of nitrogens with one attached hydrogen (secondary N) is 1. The van der Waals surface area contributed by atoms with E-state index in [1.54, 1.807) is 50.7 Å². The summed E-state index contributed by atoms with van der Waals surface area (Å²) in [6.07, 6.45) is 1.29. The Kier molecular flexibility index (Phi) is 6.62. The summed E-state index contributed by atoms with van der Waals surface area (Å²) in [4.78, 5) is 14.0. The van der Waals surface area contributed by atoms with Gasteiger partial charge < -0.3 is 10.1 Å². The van der Waals surface area contributed by atoms with E-state index in [1.807, 2.05) is 17.5 Å². The second kappa shape index (κ2) is 8.83. The van der Waals surface area contributed by atoms with Crippen molar-refractivity contribution in [3.05, 3.63) is 52.2 Å². The van der Waals surface area contributed by atoms with Crippen LogP contribution in [0.5, 0.6) is 5.75 Å². The van der Waals surface area contributed by atoms with Gasteiger partial charge in [-0.3, -0.25) is 4.79 Å². The van der Waals surface area contributed by atoms with Crippen molar-refractivity contribution in [2.75, 3.05) is 40.8 Å². The van der Waals surface area contributed by atoms with E-state index in [2.05, 4.69) is 11.4 Å². The number of carbonyl (C=O) groups is 1. The molecule has 1 fully saturated rings. The average molecular weight is 438 g/mol. The van der Waals surface area contributed by atoms with Crippen molar-refractivity contribution in [1.29, 1.82) is 0 Å². The van der Waals surface area contributed by atoms with Crippen LogP contribution in [0.2, 0.25) is 0 Å². The van der Waals surface area contributed by atoms with Crippen LogP contribution < -0.4 is 10.1 Å². The number of ether oxygens (including phenoxy) is 1. The number of amides is 1. The van der Waals surface area contributed by atoms with Crippen LogP contribution in [-0.4, -0.2) is 63.8 Å². The number of hydrogen-bond donors (Lipinski definition) is 1. The maximum Gasteiger partial charge on any atom is 0.281 e. The van der Waals surface area contributed by atoms with Gasteiger partial charge in [0.15, 0.2) is 0 Å². The minimum absolute atomic E-state index is 0.193. The van der Waals surface area contributed by atoms with Crippen LogP contribution in [0.4, 0.5) is 0 Å². The Hall–Kier alpha value is -1.94. The molecule has 158 valence electrons. The van der Waals surface area contributed by atoms with E-state index in [9.17, 15) is 13.2 Å². The normalized spacial score (nSPS) is 17.2. The lowest BCUT2D eigenvalue weighted by Crippen LogP contribution is -2.52. The minimum atomic E-state index is -3.44. The Balaban J connectivity index is 1.77. The fourth-order valence-electron chi connectivity index (χ4n) is 3.64. The molecule has 0 radical (unpaired) electrons. The van der Waals surface area contributed by atoms with Crippen LogP contribution in [-0.2, 0) is 15.6 Å². The van der Waals surface area contributed by atoms with Gasteiger partial charge in [0.25, 0.3) is 16.1 Å². The first-order chi connectivity index (χ1) is 13.8. The zero-order valence-electron chi connectivity index (χ0n) is 16.9. The average Bonchev–Trinajstić information content (AvgIpc) is 3.27. The number of piperidine rings is 1. The minimum Gasteiger partial charge on any atom is -0.496 e. The van der Waals surface area contributed by atoms with Gasteiger partial charge in [-0.15, -0.1) is 11.3 Å². The van der Waals surface area contributed by atoms with E-state index < -0.39 is 10.2 Å². The Morgan fingerprint density at radius 1 is 1.21 bits per heavy atom. The smallest absolute Gasteiger partial charge is 0.281 e. The molecule has 1 aromatic heterocycles. The van der Waals surface area contributed by atoms with Crippen molar-refractivity contribution in [3.8, 4) is 5.75 Å². The van der Waals surface area contributed by atoms with Gasteiger partial charge in [0, 0.05) is 44.0 Å². The quantitative estimate of drug-likeness (QED) is 0.721. The van der Waals surface area contributed by atoms with Crippen molar-refractivity contribution in [2.45, 2.75) is 18.3 Å². The number of nitrogens with zero attached hydrogens (tertiary/aromatic N) is 2.